The maximum Gasteiger partial charge on any atom is 0.416 e. The molecule has 0 aliphatic heterocycles. The van der Waals surface area contributed by atoms with Gasteiger partial charge >= 0.3 is 55.4 Å². The molecular weight excluding hydrogens is 1180 g/mol. The number of benzene rings is 6. The fourth-order valence-corrected chi connectivity index (χ4v) is 8.76. The second-order valence-electron chi connectivity index (χ2n) is 17.4. The van der Waals surface area contributed by atoms with Gasteiger partial charge in [0.1, 0.15) is 6.15 Å². The van der Waals surface area contributed by atoms with Gasteiger partial charge in [0, 0.05) is 23.1 Å². The summed E-state index contributed by atoms with van der Waals surface area (Å²) in [5, 5.41) is 0.931. The van der Waals surface area contributed by atoms with Gasteiger partial charge in [-0.2, -0.15) is 132 Å². The number of ketones is 1. The van der Waals surface area contributed by atoms with E-state index in [1.54, 1.807) is 22.8 Å². The molecule has 30 heteroatoms. The molecule has 1 heterocycles. The lowest BCUT2D eigenvalue weighted by atomic mass is 9.12. The minimum absolute atomic E-state index is 0.0398. The van der Waals surface area contributed by atoms with E-state index >= 15 is 0 Å². The molecule has 0 saturated carbocycles. The molecule has 81 heavy (non-hydrogen) atoms. The van der Waals surface area contributed by atoms with E-state index in [0.717, 1.165) is 10.9 Å². The lowest BCUT2D eigenvalue weighted by molar-refractivity contribution is -0.659. The normalized spacial score (nSPS) is 13.2. The van der Waals surface area contributed by atoms with Crippen LogP contribution in [0.25, 0.3) is 10.9 Å². The lowest BCUT2D eigenvalue weighted by Gasteiger charge is -2.46. The molecule has 432 valence electrons. The Hall–Kier alpha value is -7.46. The summed E-state index contributed by atoms with van der Waals surface area (Å²) in [5.41, 5.74) is -28.5. The number of ether oxygens (including phenoxy) is 1. The van der Waals surface area contributed by atoms with Crippen molar-refractivity contribution in [3.05, 3.63) is 195 Å². The van der Waals surface area contributed by atoms with Gasteiger partial charge in [0.15, 0.2) is 6.07 Å². The van der Waals surface area contributed by atoms with Crippen molar-refractivity contribution >= 4 is 62.3 Å². The highest BCUT2D eigenvalue weighted by Gasteiger charge is 2.47. The molecule has 0 spiro atoms. The number of hydrogen-bond acceptors (Lipinski definition) is 3. The summed E-state index contributed by atoms with van der Waals surface area (Å²) in [5.74, 6) is -0.645. The highest BCUT2D eigenvalue weighted by Crippen LogP contribution is 2.41. The van der Waals surface area contributed by atoms with Crippen molar-refractivity contribution in [1.29, 1.82) is 0 Å². The smallest absolute Gasteiger partial charge is 0.416 e. The average Bonchev–Trinajstić information content (AvgIpc) is 3.49. The van der Waals surface area contributed by atoms with Crippen molar-refractivity contribution < 1.29 is 124 Å². The molecule has 0 radical (unpaired) electrons. The maximum atomic E-state index is 14.2. The number of aromatic nitrogens is 1. The van der Waals surface area contributed by atoms with Crippen molar-refractivity contribution in [1.82, 2.24) is 0 Å². The minimum Gasteiger partial charge on any atom is -0.441 e. The number of nitrogens with zero attached hydrogens (tertiary/aromatic N) is 1. The van der Waals surface area contributed by atoms with Gasteiger partial charge in [-0.1, -0.05) is 103 Å². The van der Waals surface area contributed by atoms with Gasteiger partial charge in [-0.15, -0.1) is 0 Å². The van der Waals surface area contributed by atoms with Crippen LogP contribution in [0.1, 0.15) is 65.4 Å². The third kappa shape index (κ3) is 14.2. The van der Waals surface area contributed by atoms with E-state index in [2.05, 4.69) is 0 Å². The first-order valence-corrected chi connectivity index (χ1v) is 22.6. The van der Waals surface area contributed by atoms with Crippen LogP contribution in [0.4, 0.5) is 105 Å². The Bertz CT molecular complexity index is 3030. The Balaban J connectivity index is 0.000000363. The van der Waals surface area contributed by atoms with Crippen LogP contribution in [0.5, 0.6) is 0 Å². The standard InChI is InChI=1S/C32H12BF24.C19H15ClNO3/c34-25(35,36)13-1-14(26(37,38)39)6-21(5-13)33(22-7-15(27(40,41)42)2-16(8-22)28(43,44)45,23-9-17(29(46,47)48)3-18(10-23)30(49,50)51)24-11-19(31(52,53)54)4-20(12-24)32(55,56)57;20-13-24-19(23)17-11-10-14-6-4-5-9-16(14)21(17)12-18(22)15-7-2-1-3-8-15/h1-12H;1-11H,12-13H2/q-1;+1. The zero-order chi connectivity index (χ0) is 60.9. The number of pyridine rings is 1. The first-order chi connectivity index (χ1) is 37.0. The zero-order valence-corrected chi connectivity index (χ0v) is 40.1. The fraction of sp³-hybridized carbons (Fsp3) is 0.196. The van der Waals surface area contributed by atoms with Crippen molar-refractivity contribution in [2.75, 3.05) is 6.07 Å². The summed E-state index contributed by atoms with van der Waals surface area (Å²) in [7, 11) is 0. The van der Waals surface area contributed by atoms with Gasteiger partial charge in [-0.3, -0.25) is 4.79 Å². The summed E-state index contributed by atoms with van der Waals surface area (Å²) in [4.78, 5) is 24.8. The van der Waals surface area contributed by atoms with Crippen LogP contribution < -0.4 is 26.4 Å². The topological polar surface area (TPSA) is 47.2 Å². The van der Waals surface area contributed by atoms with Gasteiger partial charge in [-0.05, 0) is 36.4 Å². The van der Waals surface area contributed by atoms with Crippen molar-refractivity contribution in [2.24, 2.45) is 0 Å². The number of Topliss-reactive ketones (excluding diaryl/α,β-unsaturated/α-hetero) is 1. The molecule has 0 amide bonds. The summed E-state index contributed by atoms with van der Waals surface area (Å²) >= 11 is 5.50. The minimum atomic E-state index is -6.13. The van der Waals surface area contributed by atoms with E-state index in [4.69, 9.17) is 16.3 Å². The Kier molecular flexibility index (Phi) is 17.1. The van der Waals surface area contributed by atoms with Crippen LogP contribution in [0.15, 0.2) is 140 Å². The van der Waals surface area contributed by atoms with E-state index in [9.17, 15) is 115 Å². The number of alkyl halides is 25. The third-order valence-electron chi connectivity index (χ3n) is 12.2. The molecule has 7 rings (SSSR count). The predicted molar refractivity (Wildman–Crippen MR) is 241 cm³/mol. The van der Waals surface area contributed by atoms with Gasteiger partial charge in [0.25, 0.3) is 5.69 Å². The van der Waals surface area contributed by atoms with E-state index in [-0.39, 0.29) is 18.4 Å². The van der Waals surface area contributed by atoms with E-state index < -0.39 is 201 Å². The quantitative estimate of drug-likeness (QED) is 0.0361. The largest absolute Gasteiger partial charge is 0.441 e. The second-order valence-corrected chi connectivity index (χ2v) is 17.6. The summed E-state index contributed by atoms with van der Waals surface area (Å²) in [6.45, 7) is 0.0398. The maximum absolute atomic E-state index is 14.2. The molecule has 0 aliphatic rings. The Morgan fingerprint density at radius 2 is 0.667 bits per heavy atom. The first kappa shape index (κ1) is 62.7. The van der Waals surface area contributed by atoms with Crippen molar-refractivity contribution in [2.45, 2.75) is 56.0 Å². The molecule has 0 N–H and O–H groups in total. The number of rotatable bonds is 9. The highest BCUT2D eigenvalue weighted by molar-refractivity contribution is 7.20. The van der Waals surface area contributed by atoms with Gasteiger partial charge < -0.3 is 4.74 Å². The number of para-hydroxylation sites is 1. The van der Waals surface area contributed by atoms with Crippen LogP contribution in [0, 0.1) is 0 Å². The first-order valence-electron chi connectivity index (χ1n) is 22.1. The third-order valence-corrected chi connectivity index (χ3v) is 12.3. The molecule has 1 aromatic heterocycles. The van der Waals surface area contributed by atoms with Crippen LogP contribution >= 0.6 is 11.6 Å². The molecule has 0 bridgehead atoms. The van der Waals surface area contributed by atoms with Crippen LogP contribution in [-0.2, 0) is 60.7 Å². The summed E-state index contributed by atoms with van der Waals surface area (Å²) in [6, 6.07) is 11.0. The molecule has 0 fully saturated rings. The molecule has 0 aliphatic carbocycles. The second kappa shape index (κ2) is 22.1. The number of fused-ring (bicyclic) bond motifs is 1. The van der Waals surface area contributed by atoms with Crippen LogP contribution in [0.3, 0.4) is 0 Å². The Labute approximate surface area is 443 Å². The van der Waals surface area contributed by atoms with Gasteiger partial charge in [-0.25, -0.2) is 4.79 Å². The molecular formula is C51H27BClF24NO3. The number of hydrogen-bond donors (Lipinski definition) is 0. The van der Waals surface area contributed by atoms with Crippen molar-refractivity contribution in [3.8, 4) is 0 Å². The molecule has 4 nitrogen and oxygen atoms in total. The highest BCUT2D eigenvalue weighted by atomic mass is 35.5. The molecule has 0 atom stereocenters. The number of carbonyl (C=O) groups excluding carboxylic acids is 2. The van der Waals surface area contributed by atoms with Crippen molar-refractivity contribution in [3.63, 3.8) is 0 Å². The summed E-state index contributed by atoms with van der Waals surface area (Å²) in [6.07, 6.45) is -54.8. The van der Waals surface area contributed by atoms with Crippen LogP contribution in [0.2, 0.25) is 0 Å². The average molecular weight is 1200 g/mol. The molecule has 6 aromatic carbocycles. The Morgan fingerprint density at radius 1 is 0.383 bits per heavy atom. The zero-order valence-electron chi connectivity index (χ0n) is 39.4. The monoisotopic (exact) mass is 1200 g/mol. The van der Waals surface area contributed by atoms with Gasteiger partial charge in [0.2, 0.25) is 17.8 Å². The van der Waals surface area contributed by atoms with E-state index in [0.29, 0.717) is 11.3 Å². The fourth-order valence-electron chi connectivity index (χ4n) is 8.66. The van der Waals surface area contributed by atoms with E-state index in [1.807, 2.05) is 48.5 Å². The number of halogens is 25. The SMILES string of the molecule is FC(F)(F)c1cc([B-](c2cc(C(F)(F)F)cc(C(F)(F)F)c2)(c2cc(C(F)(F)F)cc(C(F)(F)F)c2)c2cc(C(F)(F)F)cc(C(F)(F)F)c2)cc(C(F)(F)F)c1.O=C(C[n+]1c(C(=O)OCCl)ccc2ccccc21)c1ccccc1. The predicted octanol–water partition coefficient (Wildman–Crippen LogP) is 14.6. The van der Waals surface area contributed by atoms with E-state index in [1.165, 1.54) is 0 Å². The lowest BCUT2D eigenvalue weighted by Crippen LogP contribution is -2.75. The number of carbonyl (C=O) groups is 2. The molecule has 0 saturated heterocycles. The van der Waals surface area contributed by atoms with Gasteiger partial charge in [0.05, 0.1) is 44.5 Å². The Morgan fingerprint density at radius 3 is 0.951 bits per heavy atom. The molecule has 0 unspecified atom stereocenters. The summed E-state index contributed by atoms with van der Waals surface area (Å²) < 4.78 is 347. The number of esters is 1. The molecule has 7 aromatic rings. The van der Waals surface area contributed by atoms with Crippen LogP contribution in [-0.4, -0.2) is 24.0 Å².